The summed E-state index contributed by atoms with van der Waals surface area (Å²) in [7, 11) is 0. The lowest BCUT2D eigenvalue weighted by atomic mass is 9.86. The Kier molecular flexibility index (Phi) is 3.55. The van der Waals surface area contributed by atoms with Gasteiger partial charge in [0.05, 0.1) is 6.10 Å². The highest BCUT2D eigenvalue weighted by Gasteiger charge is 2.14. The van der Waals surface area contributed by atoms with E-state index in [0.717, 1.165) is 5.56 Å². The molecule has 0 heterocycles. The van der Waals surface area contributed by atoms with Gasteiger partial charge in [-0.15, -0.1) is 12.3 Å². The molecule has 0 aromatic heterocycles. The van der Waals surface area contributed by atoms with Crippen molar-refractivity contribution in [3.05, 3.63) is 35.4 Å². The van der Waals surface area contributed by atoms with Gasteiger partial charge in [-0.05, 0) is 16.5 Å². The van der Waals surface area contributed by atoms with Crippen LogP contribution in [0.3, 0.4) is 0 Å². The molecule has 1 rings (SSSR count). The largest absolute Gasteiger partial charge is 0.387 e. The SMILES string of the molecule is C#CCC(O)c1ccc(C(C)(C)C)cc1. The molecule has 0 aliphatic heterocycles. The van der Waals surface area contributed by atoms with Crippen molar-refractivity contribution in [2.24, 2.45) is 0 Å². The summed E-state index contributed by atoms with van der Waals surface area (Å²) < 4.78 is 0. The van der Waals surface area contributed by atoms with Crippen molar-refractivity contribution in [3.63, 3.8) is 0 Å². The number of rotatable bonds is 2. The highest BCUT2D eigenvalue weighted by atomic mass is 16.3. The van der Waals surface area contributed by atoms with E-state index < -0.39 is 6.10 Å². The zero-order valence-electron chi connectivity index (χ0n) is 9.62. The zero-order chi connectivity index (χ0) is 11.5. The fraction of sp³-hybridized carbons (Fsp3) is 0.429. The number of hydrogen-bond acceptors (Lipinski definition) is 1. The van der Waals surface area contributed by atoms with E-state index in [4.69, 9.17) is 6.42 Å². The number of aliphatic hydroxyl groups is 1. The van der Waals surface area contributed by atoms with Gasteiger partial charge >= 0.3 is 0 Å². The number of benzene rings is 1. The van der Waals surface area contributed by atoms with Crippen molar-refractivity contribution in [1.82, 2.24) is 0 Å². The molecule has 1 N–H and O–H groups in total. The molecule has 1 unspecified atom stereocenters. The first-order chi connectivity index (χ1) is 6.95. The second kappa shape index (κ2) is 4.51. The van der Waals surface area contributed by atoms with Crippen LogP contribution >= 0.6 is 0 Å². The van der Waals surface area contributed by atoms with Gasteiger partial charge in [0.1, 0.15) is 0 Å². The Labute approximate surface area is 92.1 Å². The molecule has 0 aliphatic rings. The zero-order valence-corrected chi connectivity index (χ0v) is 9.62. The van der Waals surface area contributed by atoms with Gasteiger partial charge in [0.25, 0.3) is 0 Å². The van der Waals surface area contributed by atoms with Crippen LogP contribution in [0.5, 0.6) is 0 Å². The second-order valence-electron chi connectivity index (χ2n) is 4.80. The summed E-state index contributed by atoms with van der Waals surface area (Å²) in [5.74, 6) is 2.46. The third-order valence-corrected chi connectivity index (χ3v) is 2.47. The summed E-state index contributed by atoms with van der Waals surface area (Å²) in [6.45, 7) is 6.50. The summed E-state index contributed by atoms with van der Waals surface area (Å²) in [6.07, 6.45) is 4.99. The first-order valence-corrected chi connectivity index (χ1v) is 5.17. The average Bonchev–Trinajstić information content (AvgIpc) is 2.17. The summed E-state index contributed by atoms with van der Waals surface area (Å²) in [5.41, 5.74) is 2.30. The van der Waals surface area contributed by atoms with Gasteiger partial charge in [0, 0.05) is 6.42 Å². The smallest absolute Gasteiger partial charge is 0.0899 e. The van der Waals surface area contributed by atoms with Crippen molar-refractivity contribution in [3.8, 4) is 12.3 Å². The lowest BCUT2D eigenvalue weighted by molar-refractivity contribution is 0.184. The third kappa shape index (κ3) is 3.11. The van der Waals surface area contributed by atoms with Crippen LogP contribution in [0.2, 0.25) is 0 Å². The van der Waals surface area contributed by atoms with E-state index in [1.807, 2.05) is 12.1 Å². The molecular formula is C14H18O. The molecule has 0 radical (unpaired) electrons. The standard InChI is InChI=1S/C14H18O/c1-5-6-13(15)11-7-9-12(10-8-11)14(2,3)4/h1,7-10,13,15H,6H2,2-4H3. The van der Waals surface area contributed by atoms with Crippen LogP contribution in [0.4, 0.5) is 0 Å². The van der Waals surface area contributed by atoms with E-state index in [1.165, 1.54) is 5.56 Å². The molecule has 0 aliphatic carbocycles. The topological polar surface area (TPSA) is 20.2 Å². The van der Waals surface area contributed by atoms with Crippen LogP contribution in [0.1, 0.15) is 44.4 Å². The molecule has 1 atom stereocenters. The van der Waals surface area contributed by atoms with E-state index in [9.17, 15) is 5.11 Å². The van der Waals surface area contributed by atoms with Crippen molar-refractivity contribution in [2.75, 3.05) is 0 Å². The fourth-order valence-corrected chi connectivity index (χ4v) is 1.43. The minimum absolute atomic E-state index is 0.148. The van der Waals surface area contributed by atoms with E-state index in [1.54, 1.807) is 0 Å². The van der Waals surface area contributed by atoms with E-state index >= 15 is 0 Å². The van der Waals surface area contributed by atoms with Crippen molar-refractivity contribution in [2.45, 2.75) is 38.7 Å². The van der Waals surface area contributed by atoms with Crippen molar-refractivity contribution in [1.29, 1.82) is 0 Å². The van der Waals surface area contributed by atoms with Gasteiger partial charge in [-0.2, -0.15) is 0 Å². The lowest BCUT2D eigenvalue weighted by Gasteiger charge is -2.19. The predicted molar refractivity (Wildman–Crippen MR) is 63.6 cm³/mol. The number of terminal acetylenes is 1. The Morgan fingerprint density at radius 3 is 2.20 bits per heavy atom. The van der Waals surface area contributed by atoms with E-state index in [-0.39, 0.29) is 5.41 Å². The average molecular weight is 202 g/mol. The normalized spacial score (nSPS) is 13.3. The molecule has 0 saturated heterocycles. The molecule has 1 aromatic carbocycles. The van der Waals surface area contributed by atoms with Gasteiger partial charge in [-0.3, -0.25) is 0 Å². The number of aliphatic hydroxyl groups excluding tert-OH is 1. The molecule has 0 bridgehead atoms. The van der Waals surface area contributed by atoms with Crippen LogP contribution in [-0.2, 0) is 5.41 Å². The summed E-state index contributed by atoms with van der Waals surface area (Å²) >= 11 is 0. The molecule has 0 spiro atoms. The molecule has 1 heteroatoms. The highest BCUT2D eigenvalue weighted by molar-refractivity contribution is 5.29. The monoisotopic (exact) mass is 202 g/mol. The van der Waals surface area contributed by atoms with Crippen LogP contribution in [0, 0.1) is 12.3 Å². The van der Waals surface area contributed by atoms with Crippen LogP contribution in [0.25, 0.3) is 0 Å². The summed E-state index contributed by atoms with van der Waals surface area (Å²) in [6, 6.07) is 8.00. The molecular weight excluding hydrogens is 184 g/mol. The van der Waals surface area contributed by atoms with Crippen LogP contribution in [-0.4, -0.2) is 5.11 Å². The molecule has 1 aromatic rings. The van der Waals surface area contributed by atoms with Gasteiger partial charge in [-0.25, -0.2) is 0 Å². The molecule has 1 nitrogen and oxygen atoms in total. The maximum atomic E-state index is 9.67. The molecule has 0 amide bonds. The fourth-order valence-electron chi connectivity index (χ4n) is 1.43. The minimum Gasteiger partial charge on any atom is -0.387 e. The highest BCUT2D eigenvalue weighted by Crippen LogP contribution is 2.24. The number of hydrogen-bond donors (Lipinski definition) is 1. The van der Waals surface area contributed by atoms with E-state index in [0.29, 0.717) is 6.42 Å². The molecule has 0 fully saturated rings. The predicted octanol–water partition coefficient (Wildman–Crippen LogP) is 3.04. The first kappa shape index (κ1) is 11.8. The molecule has 15 heavy (non-hydrogen) atoms. The maximum absolute atomic E-state index is 9.67. The Balaban J connectivity index is 2.87. The Morgan fingerprint density at radius 2 is 1.80 bits per heavy atom. The van der Waals surface area contributed by atoms with Crippen LogP contribution in [0.15, 0.2) is 24.3 Å². The summed E-state index contributed by atoms with van der Waals surface area (Å²) in [5, 5.41) is 9.67. The van der Waals surface area contributed by atoms with Crippen molar-refractivity contribution < 1.29 is 5.11 Å². The first-order valence-electron chi connectivity index (χ1n) is 5.17. The Morgan fingerprint density at radius 1 is 1.27 bits per heavy atom. The van der Waals surface area contributed by atoms with Crippen LogP contribution < -0.4 is 0 Å². The second-order valence-corrected chi connectivity index (χ2v) is 4.80. The van der Waals surface area contributed by atoms with Gasteiger partial charge in [-0.1, -0.05) is 45.0 Å². The minimum atomic E-state index is -0.538. The molecule has 0 saturated carbocycles. The Bertz CT molecular complexity index is 348. The third-order valence-electron chi connectivity index (χ3n) is 2.47. The summed E-state index contributed by atoms with van der Waals surface area (Å²) in [4.78, 5) is 0. The van der Waals surface area contributed by atoms with Gasteiger partial charge < -0.3 is 5.11 Å². The molecule has 80 valence electrons. The van der Waals surface area contributed by atoms with Gasteiger partial charge in [0.15, 0.2) is 0 Å². The van der Waals surface area contributed by atoms with Crippen molar-refractivity contribution >= 4 is 0 Å². The van der Waals surface area contributed by atoms with Gasteiger partial charge in [0.2, 0.25) is 0 Å². The maximum Gasteiger partial charge on any atom is 0.0899 e. The quantitative estimate of drug-likeness (QED) is 0.731. The lowest BCUT2D eigenvalue weighted by Crippen LogP contribution is -2.11. The Hall–Kier alpha value is -1.26. The van der Waals surface area contributed by atoms with E-state index in [2.05, 4.69) is 38.8 Å².